The lowest BCUT2D eigenvalue weighted by molar-refractivity contribution is 0.1000. The first-order chi connectivity index (χ1) is 9.04. The Morgan fingerprint density at radius 2 is 2.05 bits per heavy atom. The summed E-state index contributed by atoms with van der Waals surface area (Å²) in [5.41, 5.74) is 7.81. The molecule has 0 fully saturated rings. The molecule has 0 spiro atoms. The summed E-state index contributed by atoms with van der Waals surface area (Å²) in [6, 6.07) is 9.30. The molecule has 0 bridgehead atoms. The minimum Gasteiger partial charge on any atom is -0.366 e. The molecule has 0 saturated carbocycles. The van der Waals surface area contributed by atoms with Crippen LogP contribution in [0, 0.1) is 13.8 Å². The SMILES string of the molecule is Cc1cc(SCc2cccc(C(N)=O)c2)nc(C)n1. The molecule has 0 aliphatic carbocycles. The second kappa shape index (κ2) is 5.84. The Labute approximate surface area is 116 Å². The molecule has 98 valence electrons. The number of rotatable bonds is 4. The highest BCUT2D eigenvalue weighted by molar-refractivity contribution is 7.98. The van der Waals surface area contributed by atoms with Crippen LogP contribution in [-0.2, 0) is 5.75 Å². The predicted octanol–water partition coefficient (Wildman–Crippen LogP) is 2.48. The summed E-state index contributed by atoms with van der Waals surface area (Å²) >= 11 is 1.62. The lowest BCUT2D eigenvalue weighted by Gasteiger charge is -2.04. The first-order valence-corrected chi connectivity index (χ1v) is 6.87. The minimum atomic E-state index is -0.402. The van der Waals surface area contributed by atoms with E-state index in [1.165, 1.54) is 0 Å². The lowest BCUT2D eigenvalue weighted by atomic mass is 10.1. The second-order valence-corrected chi connectivity index (χ2v) is 5.24. The van der Waals surface area contributed by atoms with Gasteiger partial charge in [-0.3, -0.25) is 4.79 Å². The summed E-state index contributed by atoms with van der Waals surface area (Å²) in [6.45, 7) is 3.83. The molecular weight excluding hydrogens is 258 g/mol. The molecule has 19 heavy (non-hydrogen) atoms. The van der Waals surface area contributed by atoms with Gasteiger partial charge < -0.3 is 5.73 Å². The zero-order valence-corrected chi connectivity index (χ0v) is 11.7. The van der Waals surface area contributed by atoms with E-state index in [2.05, 4.69) is 9.97 Å². The number of aromatic nitrogens is 2. The standard InChI is InChI=1S/C14H15N3OS/c1-9-6-13(17-10(2)16-9)19-8-11-4-3-5-12(7-11)14(15)18/h3-7H,8H2,1-2H3,(H2,15,18). The van der Waals surface area contributed by atoms with Crippen LogP contribution in [0.3, 0.4) is 0 Å². The van der Waals surface area contributed by atoms with E-state index in [4.69, 9.17) is 5.73 Å². The summed E-state index contributed by atoms with van der Waals surface area (Å²) in [6.07, 6.45) is 0. The van der Waals surface area contributed by atoms with Crippen molar-refractivity contribution in [3.8, 4) is 0 Å². The predicted molar refractivity (Wildman–Crippen MR) is 76.0 cm³/mol. The minimum absolute atomic E-state index is 0.402. The molecule has 0 atom stereocenters. The number of primary amides is 1. The molecule has 2 N–H and O–H groups in total. The number of amides is 1. The number of carbonyl (C=O) groups is 1. The van der Waals surface area contributed by atoms with Gasteiger partial charge in [-0.15, -0.1) is 11.8 Å². The van der Waals surface area contributed by atoms with E-state index in [1.54, 1.807) is 17.8 Å². The highest BCUT2D eigenvalue weighted by atomic mass is 32.2. The van der Waals surface area contributed by atoms with Crippen molar-refractivity contribution >= 4 is 17.7 Å². The zero-order valence-electron chi connectivity index (χ0n) is 10.9. The number of carbonyl (C=O) groups excluding carboxylic acids is 1. The van der Waals surface area contributed by atoms with Crippen molar-refractivity contribution in [3.63, 3.8) is 0 Å². The molecule has 0 saturated heterocycles. The van der Waals surface area contributed by atoms with Crippen molar-refractivity contribution in [3.05, 3.63) is 53.0 Å². The van der Waals surface area contributed by atoms with E-state index in [-0.39, 0.29) is 0 Å². The fraction of sp³-hybridized carbons (Fsp3) is 0.214. The van der Waals surface area contributed by atoms with Crippen molar-refractivity contribution in [2.75, 3.05) is 0 Å². The second-order valence-electron chi connectivity index (χ2n) is 4.25. The number of benzene rings is 1. The Morgan fingerprint density at radius 3 is 2.74 bits per heavy atom. The van der Waals surface area contributed by atoms with Crippen molar-refractivity contribution in [2.45, 2.75) is 24.6 Å². The first kappa shape index (κ1) is 13.5. The molecule has 1 amide bonds. The van der Waals surface area contributed by atoms with Gasteiger partial charge in [0.1, 0.15) is 10.9 Å². The molecular formula is C14H15N3OS. The van der Waals surface area contributed by atoms with E-state index in [1.807, 2.05) is 38.1 Å². The van der Waals surface area contributed by atoms with Gasteiger partial charge in [0.25, 0.3) is 0 Å². The highest BCUT2D eigenvalue weighted by Crippen LogP contribution is 2.21. The molecule has 5 heteroatoms. The van der Waals surface area contributed by atoms with Crippen molar-refractivity contribution in [2.24, 2.45) is 5.73 Å². The van der Waals surface area contributed by atoms with Crippen LogP contribution in [0.5, 0.6) is 0 Å². The monoisotopic (exact) mass is 273 g/mol. The number of nitrogens with zero attached hydrogens (tertiary/aromatic N) is 2. The highest BCUT2D eigenvalue weighted by Gasteiger charge is 2.04. The largest absolute Gasteiger partial charge is 0.366 e. The Bertz CT molecular complexity index is 593. The molecule has 0 radical (unpaired) electrons. The van der Waals surface area contributed by atoms with Gasteiger partial charge in [0.15, 0.2) is 0 Å². The van der Waals surface area contributed by atoms with Crippen molar-refractivity contribution in [1.82, 2.24) is 9.97 Å². The maximum absolute atomic E-state index is 11.1. The third-order valence-electron chi connectivity index (χ3n) is 2.54. The Balaban J connectivity index is 2.10. The average molecular weight is 273 g/mol. The molecule has 1 aromatic carbocycles. The van der Waals surface area contributed by atoms with Crippen LogP contribution >= 0.6 is 11.8 Å². The number of aryl methyl sites for hydroxylation is 2. The van der Waals surface area contributed by atoms with Crippen LogP contribution in [0.1, 0.15) is 27.4 Å². The van der Waals surface area contributed by atoms with Gasteiger partial charge in [-0.05, 0) is 37.6 Å². The molecule has 4 nitrogen and oxygen atoms in total. The van der Waals surface area contributed by atoms with E-state index < -0.39 is 5.91 Å². The molecule has 0 unspecified atom stereocenters. The Kier molecular flexibility index (Phi) is 4.16. The molecule has 1 heterocycles. The average Bonchev–Trinajstić information content (AvgIpc) is 2.35. The van der Waals surface area contributed by atoms with Crippen LogP contribution in [0.4, 0.5) is 0 Å². The van der Waals surface area contributed by atoms with E-state index in [0.717, 1.165) is 27.9 Å². The fourth-order valence-electron chi connectivity index (χ4n) is 1.73. The summed E-state index contributed by atoms with van der Waals surface area (Å²) in [5, 5.41) is 0.939. The van der Waals surface area contributed by atoms with Crippen LogP contribution in [0.15, 0.2) is 35.4 Å². The van der Waals surface area contributed by atoms with Crippen LogP contribution < -0.4 is 5.73 Å². The summed E-state index contributed by atoms with van der Waals surface area (Å²) in [4.78, 5) is 19.7. The Hall–Kier alpha value is -1.88. The fourth-order valence-corrected chi connectivity index (χ4v) is 2.67. The lowest BCUT2D eigenvalue weighted by Crippen LogP contribution is -2.10. The smallest absolute Gasteiger partial charge is 0.248 e. The number of thioether (sulfide) groups is 1. The van der Waals surface area contributed by atoms with Gasteiger partial charge in [-0.1, -0.05) is 12.1 Å². The van der Waals surface area contributed by atoms with Gasteiger partial charge in [0, 0.05) is 17.0 Å². The molecule has 2 rings (SSSR count). The zero-order chi connectivity index (χ0) is 13.8. The maximum Gasteiger partial charge on any atom is 0.248 e. The third-order valence-corrected chi connectivity index (χ3v) is 3.52. The number of hydrogen-bond donors (Lipinski definition) is 1. The number of hydrogen-bond acceptors (Lipinski definition) is 4. The summed E-state index contributed by atoms with van der Waals surface area (Å²) < 4.78 is 0. The third kappa shape index (κ3) is 3.79. The topological polar surface area (TPSA) is 68.9 Å². The molecule has 2 aromatic rings. The van der Waals surface area contributed by atoms with Crippen LogP contribution in [-0.4, -0.2) is 15.9 Å². The van der Waals surface area contributed by atoms with Gasteiger partial charge in [0.2, 0.25) is 5.91 Å². The van der Waals surface area contributed by atoms with Gasteiger partial charge in [0.05, 0.1) is 0 Å². The van der Waals surface area contributed by atoms with Gasteiger partial charge in [-0.25, -0.2) is 9.97 Å². The number of nitrogens with two attached hydrogens (primary N) is 1. The molecule has 1 aromatic heterocycles. The van der Waals surface area contributed by atoms with Crippen molar-refractivity contribution in [1.29, 1.82) is 0 Å². The first-order valence-electron chi connectivity index (χ1n) is 5.88. The van der Waals surface area contributed by atoms with Crippen LogP contribution in [0.25, 0.3) is 0 Å². The molecule has 0 aliphatic heterocycles. The summed E-state index contributed by atoms with van der Waals surface area (Å²) in [5.74, 6) is 1.12. The quantitative estimate of drug-likeness (QED) is 0.686. The van der Waals surface area contributed by atoms with E-state index in [9.17, 15) is 4.79 Å². The Morgan fingerprint density at radius 1 is 1.26 bits per heavy atom. The maximum atomic E-state index is 11.1. The van der Waals surface area contributed by atoms with Crippen molar-refractivity contribution < 1.29 is 4.79 Å². The molecule has 0 aliphatic rings. The normalized spacial score (nSPS) is 10.4. The van der Waals surface area contributed by atoms with Gasteiger partial charge >= 0.3 is 0 Å². The van der Waals surface area contributed by atoms with Gasteiger partial charge in [-0.2, -0.15) is 0 Å². The van der Waals surface area contributed by atoms with E-state index in [0.29, 0.717) is 5.56 Å². The van der Waals surface area contributed by atoms with E-state index >= 15 is 0 Å². The van der Waals surface area contributed by atoms with Crippen LogP contribution in [0.2, 0.25) is 0 Å². The summed E-state index contributed by atoms with van der Waals surface area (Å²) in [7, 11) is 0.